The van der Waals surface area contributed by atoms with Crippen molar-refractivity contribution in [2.45, 2.75) is 57.3 Å². The predicted molar refractivity (Wildman–Crippen MR) is 58.6 cm³/mol. The Morgan fingerprint density at radius 3 is 2.38 bits per heavy atom. The third kappa shape index (κ3) is 5.99. The van der Waals surface area contributed by atoms with Crippen molar-refractivity contribution in [3.05, 3.63) is 10.1 Å². The van der Waals surface area contributed by atoms with E-state index in [1.165, 1.54) is 0 Å². The Hall–Kier alpha value is -0.720. The molecule has 0 aliphatic carbocycles. The van der Waals surface area contributed by atoms with E-state index in [1.54, 1.807) is 0 Å². The topological polar surface area (TPSA) is 104 Å². The van der Waals surface area contributed by atoms with Gasteiger partial charge in [0.1, 0.15) is 6.10 Å². The second-order valence-corrected chi connectivity index (χ2v) is 3.99. The van der Waals surface area contributed by atoms with Crippen LogP contribution in [0, 0.1) is 10.1 Å². The molecule has 0 fully saturated rings. The SMILES string of the molecule is CCCCC[C@@H](O)[C@@H](CC(O)CO)[N+](=O)[O-]. The summed E-state index contributed by atoms with van der Waals surface area (Å²) in [5.41, 5.74) is 0. The molecule has 96 valence electrons. The van der Waals surface area contributed by atoms with Gasteiger partial charge in [-0.3, -0.25) is 10.1 Å². The van der Waals surface area contributed by atoms with Crippen LogP contribution >= 0.6 is 0 Å². The van der Waals surface area contributed by atoms with E-state index in [-0.39, 0.29) is 6.42 Å². The van der Waals surface area contributed by atoms with Crippen molar-refractivity contribution in [3.63, 3.8) is 0 Å². The molecule has 0 saturated carbocycles. The van der Waals surface area contributed by atoms with Crippen LogP contribution in [0.4, 0.5) is 0 Å². The van der Waals surface area contributed by atoms with Gasteiger partial charge in [0, 0.05) is 11.3 Å². The first-order valence-electron chi connectivity index (χ1n) is 5.63. The molecule has 0 heterocycles. The molecule has 0 radical (unpaired) electrons. The van der Waals surface area contributed by atoms with Gasteiger partial charge in [-0.05, 0) is 6.42 Å². The Morgan fingerprint density at radius 2 is 1.94 bits per heavy atom. The monoisotopic (exact) mass is 235 g/mol. The minimum atomic E-state index is -1.20. The zero-order valence-electron chi connectivity index (χ0n) is 9.58. The number of nitrogens with zero attached hydrogens (tertiary/aromatic N) is 1. The molecule has 6 nitrogen and oxygen atoms in total. The molecule has 0 aromatic carbocycles. The molecule has 16 heavy (non-hydrogen) atoms. The molecule has 1 unspecified atom stereocenters. The highest BCUT2D eigenvalue weighted by Gasteiger charge is 2.31. The molecule has 0 amide bonds. The van der Waals surface area contributed by atoms with Crippen molar-refractivity contribution in [1.82, 2.24) is 0 Å². The number of aliphatic hydroxyl groups is 3. The van der Waals surface area contributed by atoms with Gasteiger partial charge in [-0.15, -0.1) is 0 Å². The Morgan fingerprint density at radius 1 is 1.31 bits per heavy atom. The first-order chi connectivity index (χ1) is 7.52. The lowest BCUT2D eigenvalue weighted by atomic mass is 9.99. The minimum Gasteiger partial charge on any atom is -0.394 e. The zero-order valence-corrected chi connectivity index (χ0v) is 9.58. The van der Waals surface area contributed by atoms with Crippen LogP contribution in [-0.4, -0.2) is 45.1 Å². The fraction of sp³-hybridized carbons (Fsp3) is 1.00. The van der Waals surface area contributed by atoms with Crippen molar-refractivity contribution in [2.24, 2.45) is 0 Å². The van der Waals surface area contributed by atoms with Gasteiger partial charge < -0.3 is 15.3 Å². The van der Waals surface area contributed by atoms with E-state index in [9.17, 15) is 15.2 Å². The summed E-state index contributed by atoms with van der Waals surface area (Å²) >= 11 is 0. The standard InChI is InChI=1S/C10H21NO5/c1-2-3-4-5-10(14)9(11(15)16)6-8(13)7-12/h8-10,12-14H,2-7H2,1H3/t8?,9-,10-/m1/s1. The Kier molecular flexibility index (Phi) is 8.05. The Bertz CT molecular complexity index is 200. The molecule has 0 aliphatic rings. The van der Waals surface area contributed by atoms with Crippen molar-refractivity contribution in [2.75, 3.05) is 6.61 Å². The van der Waals surface area contributed by atoms with Crippen molar-refractivity contribution in [3.8, 4) is 0 Å². The molecule has 0 aromatic rings. The summed E-state index contributed by atoms with van der Waals surface area (Å²) in [4.78, 5) is 10.1. The highest BCUT2D eigenvalue weighted by Crippen LogP contribution is 2.13. The van der Waals surface area contributed by atoms with Gasteiger partial charge >= 0.3 is 0 Å². The van der Waals surface area contributed by atoms with Crippen LogP contribution in [0.15, 0.2) is 0 Å². The first kappa shape index (κ1) is 15.3. The third-order valence-electron chi connectivity index (χ3n) is 2.54. The van der Waals surface area contributed by atoms with Gasteiger partial charge in [-0.25, -0.2) is 0 Å². The van der Waals surface area contributed by atoms with E-state index in [1.807, 2.05) is 6.92 Å². The second-order valence-electron chi connectivity index (χ2n) is 3.99. The molecule has 0 aromatic heterocycles. The quantitative estimate of drug-likeness (QED) is 0.303. The molecule has 0 bridgehead atoms. The van der Waals surface area contributed by atoms with Crippen molar-refractivity contribution in [1.29, 1.82) is 0 Å². The van der Waals surface area contributed by atoms with Crippen LogP contribution in [0.5, 0.6) is 0 Å². The lowest BCUT2D eigenvalue weighted by Crippen LogP contribution is -2.37. The summed E-state index contributed by atoms with van der Waals surface area (Å²) in [6, 6.07) is -1.20. The maximum absolute atomic E-state index is 10.7. The average molecular weight is 235 g/mol. The third-order valence-corrected chi connectivity index (χ3v) is 2.54. The molecule has 3 N–H and O–H groups in total. The molecular formula is C10H21NO5. The summed E-state index contributed by atoms with van der Waals surface area (Å²) in [6.45, 7) is 1.49. The number of unbranched alkanes of at least 4 members (excludes halogenated alkanes) is 2. The average Bonchev–Trinajstić information content (AvgIpc) is 2.25. The second kappa shape index (κ2) is 8.43. The summed E-state index contributed by atoms with van der Waals surface area (Å²) in [5, 5.41) is 38.0. The van der Waals surface area contributed by atoms with Gasteiger partial charge in [-0.1, -0.05) is 26.2 Å². The van der Waals surface area contributed by atoms with Crippen LogP contribution in [0.25, 0.3) is 0 Å². The van der Waals surface area contributed by atoms with Crippen LogP contribution in [0.2, 0.25) is 0 Å². The van der Waals surface area contributed by atoms with Crippen molar-refractivity contribution >= 4 is 0 Å². The Balaban J connectivity index is 4.13. The molecule has 0 rings (SSSR count). The number of hydrogen-bond acceptors (Lipinski definition) is 5. The Labute approximate surface area is 95.1 Å². The zero-order chi connectivity index (χ0) is 12.6. The van der Waals surface area contributed by atoms with E-state index in [4.69, 9.17) is 10.2 Å². The fourth-order valence-electron chi connectivity index (χ4n) is 1.53. The summed E-state index contributed by atoms with van der Waals surface area (Å²) in [6.07, 6.45) is 0.587. The highest BCUT2D eigenvalue weighted by molar-refractivity contribution is 4.72. The van der Waals surface area contributed by atoms with Crippen LogP contribution in [0.3, 0.4) is 0 Å². The van der Waals surface area contributed by atoms with Gasteiger partial charge in [0.25, 0.3) is 0 Å². The lowest BCUT2D eigenvalue weighted by molar-refractivity contribution is -0.537. The maximum atomic E-state index is 10.7. The van der Waals surface area contributed by atoms with Crippen LogP contribution in [-0.2, 0) is 0 Å². The van der Waals surface area contributed by atoms with Gasteiger partial charge in [-0.2, -0.15) is 0 Å². The number of hydrogen-bond donors (Lipinski definition) is 3. The van der Waals surface area contributed by atoms with Gasteiger partial charge in [0.15, 0.2) is 0 Å². The van der Waals surface area contributed by atoms with E-state index >= 15 is 0 Å². The largest absolute Gasteiger partial charge is 0.394 e. The molecule has 3 atom stereocenters. The van der Waals surface area contributed by atoms with Crippen LogP contribution in [0.1, 0.15) is 39.0 Å². The normalized spacial score (nSPS) is 16.8. The smallest absolute Gasteiger partial charge is 0.241 e. The molecule has 0 saturated heterocycles. The van der Waals surface area contributed by atoms with E-state index in [2.05, 4.69) is 0 Å². The number of aliphatic hydroxyl groups excluding tert-OH is 3. The van der Waals surface area contributed by atoms with E-state index in [0.717, 1.165) is 19.3 Å². The van der Waals surface area contributed by atoms with Crippen LogP contribution < -0.4 is 0 Å². The molecule has 0 spiro atoms. The van der Waals surface area contributed by atoms with E-state index < -0.39 is 29.8 Å². The minimum absolute atomic E-state index is 0.212. The fourth-order valence-corrected chi connectivity index (χ4v) is 1.53. The summed E-state index contributed by atoms with van der Waals surface area (Å²) in [5.74, 6) is 0. The highest BCUT2D eigenvalue weighted by atomic mass is 16.6. The summed E-state index contributed by atoms with van der Waals surface area (Å²) in [7, 11) is 0. The number of nitro groups is 1. The maximum Gasteiger partial charge on any atom is 0.241 e. The number of rotatable bonds is 9. The first-order valence-corrected chi connectivity index (χ1v) is 5.63. The van der Waals surface area contributed by atoms with E-state index in [0.29, 0.717) is 6.42 Å². The predicted octanol–water partition coefficient (Wildman–Crippen LogP) is 0.316. The molecule has 0 aliphatic heterocycles. The van der Waals surface area contributed by atoms with Crippen molar-refractivity contribution < 1.29 is 20.2 Å². The molecule has 6 heteroatoms. The summed E-state index contributed by atoms with van der Waals surface area (Å²) < 4.78 is 0. The molecular weight excluding hydrogens is 214 g/mol. The van der Waals surface area contributed by atoms with Gasteiger partial charge in [0.05, 0.1) is 12.7 Å². The lowest BCUT2D eigenvalue weighted by Gasteiger charge is -2.17. The van der Waals surface area contributed by atoms with Gasteiger partial charge in [0.2, 0.25) is 6.04 Å².